The van der Waals surface area contributed by atoms with Crippen LogP contribution in [0.3, 0.4) is 0 Å². The summed E-state index contributed by atoms with van der Waals surface area (Å²) in [5.74, 6) is -2.78. The summed E-state index contributed by atoms with van der Waals surface area (Å²) in [6, 6.07) is 15.4. The molecule has 0 spiro atoms. The van der Waals surface area contributed by atoms with Gasteiger partial charge in [0.1, 0.15) is 0 Å². The smallest absolute Gasteiger partial charge is 0.475 e. The number of aliphatic carboxylic acids is 1. The number of nitrogens with one attached hydrogen (secondary N) is 1. The molecule has 0 bridgehead atoms. The van der Waals surface area contributed by atoms with E-state index in [1.165, 1.54) is 24.5 Å². The number of carbonyl (C=O) groups is 3. The van der Waals surface area contributed by atoms with Gasteiger partial charge in [0.25, 0.3) is 5.91 Å². The lowest BCUT2D eigenvalue weighted by Gasteiger charge is -2.29. The number of piperidine rings is 1. The third-order valence-corrected chi connectivity index (χ3v) is 5.53. The van der Waals surface area contributed by atoms with Gasteiger partial charge in [0.05, 0.1) is 0 Å². The summed E-state index contributed by atoms with van der Waals surface area (Å²) in [6.45, 7) is 2.24. The monoisotopic (exact) mass is 504 g/mol. The van der Waals surface area contributed by atoms with E-state index in [0.29, 0.717) is 11.5 Å². The third-order valence-electron chi connectivity index (χ3n) is 5.53. The van der Waals surface area contributed by atoms with Crippen molar-refractivity contribution in [3.05, 3.63) is 82.9 Å². The first-order valence-electron chi connectivity index (χ1n) is 11.0. The Balaban J connectivity index is 0.000000572. The number of halogens is 3. The minimum absolute atomic E-state index is 0.0245. The molecule has 192 valence electrons. The number of hydrogen-bond donors (Lipinski definition) is 3. The van der Waals surface area contributed by atoms with Crippen LogP contribution in [0.4, 0.5) is 13.2 Å². The lowest BCUT2D eigenvalue weighted by molar-refractivity contribution is -0.192. The number of hydrogen-bond acceptors (Lipinski definition) is 5. The van der Waals surface area contributed by atoms with Crippen molar-refractivity contribution >= 4 is 29.8 Å². The van der Waals surface area contributed by atoms with Gasteiger partial charge in [-0.1, -0.05) is 54.6 Å². The number of likely N-dealkylation sites (tertiary alicyclic amines) is 1. The molecule has 3 rings (SSSR count). The number of benzene rings is 2. The predicted octanol–water partition coefficient (Wildman–Crippen LogP) is 4.54. The fourth-order valence-corrected chi connectivity index (χ4v) is 3.46. The standard InChI is InChI=1S/C24H26N2O3.C2HF3O2/c1-26-16-14-21(15-17-26)20-8-10-22(11-9-20)23(27)12-6-18-2-4-19(5-3-18)7-13-24(28)25-29;3-2(4,5)1(6)7/h2-13,21,29H,14-17H2,1H3,(H,25,28);(H,6,7)/b12-6+,13-7+;. The number of carbonyl (C=O) groups excluding carboxylic acids is 2. The van der Waals surface area contributed by atoms with Gasteiger partial charge >= 0.3 is 12.1 Å². The summed E-state index contributed by atoms with van der Waals surface area (Å²) >= 11 is 0. The molecule has 2 aromatic rings. The quantitative estimate of drug-likeness (QED) is 0.231. The first-order chi connectivity index (χ1) is 17.0. The van der Waals surface area contributed by atoms with E-state index in [4.69, 9.17) is 15.1 Å². The topological polar surface area (TPSA) is 107 Å². The van der Waals surface area contributed by atoms with Crippen molar-refractivity contribution in [3.8, 4) is 0 Å². The van der Waals surface area contributed by atoms with Crippen LogP contribution in [0, 0.1) is 0 Å². The molecular weight excluding hydrogens is 477 g/mol. The number of amides is 1. The molecule has 0 saturated carbocycles. The molecule has 0 atom stereocenters. The molecule has 1 saturated heterocycles. The Morgan fingerprint density at radius 1 is 0.917 bits per heavy atom. The lowest BCUT2D eigenvalue weighted by atomic mass is 9.89. The molecule has 0 radical (unpaired) electrons. The molecule has 10 heteroatoms. The van der Waals surface area contributed by atoms with E-state index in [1.54, 1.807) is 23.7 Å². The van der Waals surface area contributed by atoms with Gasteiger partial charge in [0.2, 0.25) is 0 Å². The Morgan fingerprint density at radius 2 is 1.39 bits per heavy atom. The highest BCUT2D eigenvalue weighted by Gasteiger charge is 2.38. The van der Waals surface area contributed by atoms with Crippen LogP contribution >= 0.6 is 0 Å². The molecule has 1 aliphatic heterocycles. The Bertz CT molecular complexity index is 1090. The van der Waals surface area contributed by atoms with Gasteiger partial charge in [-0.15, -0.1) is 0 Å². The molecular formula is C26H27F3N2O5. The average molecular weight is 505 g/mol. The largest absolute Gasteiger partial charge is 0.490 e. The summed E-state index contributed by atoms with van der Waals surface area (Å²) in [6.07, 6.45) is 3.44. The molecule has 0 unspecified atom stereocenters. The van der Waals surface area contributed by atoms with Crippen molar-refractivity contribution in [2.24, 2.45) is 0 Å². The summed E-state index contributed by atoms with van der Waals surface area (Å²) in [5, 5.41) is 15.6. The zero-order valence-electron chi connectivity index (χ0n) is 19.5. The molecule has 2 aromatic carbocycles. The Hall–Kier alpha value is -3.76. The van der Waals surface area contributed by atoms with Crippen LogP contribution in [-0.4, -0.2) is 59.2 Å². The minimum atomic E-state index is -5.08. The number of alkyl halides is 3. The average Bonchev–Trinajstić information content (AvgIpc) is 2.86. The fraction of sp³-hybridized carbons (Fsp3) is 0.269. The first kappa shape index (κ1) is 28.5. The second kappa shape index (κ2) is 13.4. The summed E-state index contributed by atoms with van der Waals surface area (Å²) in [5.41, 5.74) is 5.26. The van der Waals surface area contributed by atoms with Crippen molar-refractivity contribution in [1.29, 1.82) is 0 Å². The Kier molecular flexibility index (Phi) is 10.6. The predicted molar refractivity (Wildman–Crippen MR) is 128 cm³/mol. The number of ketones is 1. The minimum Gasteiger partial charge on any atom is -0.475 e. The summed E-state index contributed by atoms with van der Waals surface area (Å²) in [4.78, 5) is 34.7. The van der Waals surface area contributed by atoms with E-state index >= 15 is 0 Å². The highest BCUT2D eigenvalue weighted by atomic mass is 19.4. The molecule has 1 aliphatic rings. The second-order valence-corrected chi connectivity index (χ2v) is 8.18. The lowest BCUT2D eigenvalue weighted by Crippen LogP contribution is -2.29. The van der Waals surface area contributed by atoms with E-state index in [-0.39, 0.29) is 5.78 Å². The van der Waals surface area contributed by atoms with Gasteiger partial charge in [0.15, 0.2) is 5.78 Å². The van der Waals surface area contributed by atoms with Crippen LogP contribution in [0.2, 0.25) is 0 Å². The van der Waals surface area contributed by atoms with Gasteiger partial charge < -0.3 is 10.0 Å². The van der Waals surface area contributed by atoms with Crippen molar-refractivity contribution in [3.63, 3.8) is 0 Å². The Morgan fingerprint density at radius 3 is 1.83 bits per heavy atom. The third kappa shape index (κ3) is 9.47. The normalized spacial score (nSPS) is 14.9. The van der Waals surface area contributed by atoms with Gasteiger partial charge in [0, 0.05) is 11.6 Å². The van der Waals surface area contributed by atoms with E-state index in [1.807, 2.05) is 36.4 Å². The highest BCUT2D eigenvalue weighted by Crippen LogP contribution is 2.27. The summed E-state index contributed by atoms with van der Waals surface area (Å²) < 4.78 is 31.7. The number of nitrogens with zero attached hydrogens (tertiary/aromatic N) is 1. The second-order valence-electron chi connectivity index (χ2n) is 8.18. The van der Waals surface area contributed by atoms with E-state index in [2.05, 4.69) is 24.1 Å². The van der Waals surface area contributed by atoms with Crippen molar-refractivity contribution < 1.29 is 37.9 Å². The zero-order chi connectivity index (χ0) is 26.7. The molecule has 7 nitrogen and oxygen atoms in total. The number of carboxylic acid groups (broad SMARTS) is 1. The highest BCUT2D eigenvalue weighted by molar-refractivity contribution is 6.06. The number of allylic oxidation sites excluding steroid dienone is 1. The van der Waals surface area contributed by atoms with Crippen LogP contribution in [0.25, 0.3) is 12.2 Å². The van der Waals surface area contributed by atoms with E-state index in [0.717, 1.165) is 24.2 Å². The van der Waals surface area contributed by atoms with Gasteiger partial charge in [-0.2, -0.15) is 13.2 Å². The molecule has 0 aromatic heterocycles. The van der Waals surface area contributed by atoms with Crippen LogP contribution in [0.15, 0.2) is 60.7 Å². The van der Waals surface area contributed by atoms with Crippen LogP contribution in [0.1, 0.15) is 45.8 Å². The maximum absolute atomic E-state index is 12.5. The maximum atomic E-state index is 12.5. The van der Waals surface area contributed by atoms with Gasteiger partial charge in [-0.05, 0) is 67.7 Å². The molecule has 36 heavy (non-hydrogen) atoms. The molecule has 1 fully saturated rings. The fourth-order valence-electron chi connectivity index (χ4n) is 3.46. The summed E-state index contributed by atoms with van der Waals surface area (Å²) in [7, 11) is 2.16. The molecule has 1 amide bonds. The number of hydroxylamine groups is 1. The van der Waals surface area contributed by atoms with Gasteiger partial charge in [-0.25, -0.2) is 10.3 Å². The van der Waals surface area contributed by atoms with Crippen LogP contribution in [-0.2, 0) is 9.59 Å². The number of rotatable bonds is 6. The van der Waals surface area contributed by atoms with Gasteiger partial charge in [-0.3, -0.25) is 14.8 Å². The van der Waals surface area contributed by atoms with Crippen LogP contribution < -0.4 is 5.48 Å². The van der Waals surface area contributed by atoms with Crippen molar-refractivity contribution in [2.45, 2.75) is 24.9 Å². The molecule has 1 heterocycles. The molecule has 0 aliphatic carbocycles. The van der Waals surface area contributed by atoms with E-state index < -0.39 is 18.1 Å². The Labute approximate surface area is 206 Å². The van der Waals surface area contributed by atoms with Crippen molar-refractivity contribution in [2.75, 3.05) is 20.1 Å². The SMILES string of the molecule is CN1CCC(c2ccc(C(=O)/C=C/c3ccc(/C=C/C(=O)NO)cc3)cc2)CC1.O=C(O)C(F)(F)F. The van der Waals surface area contributed by atoms with Crippen LogP contribution in [0.5, 0.6) is 0 Å². The van der Waals surface area contributed by atoms with Crippen molar-refractivity contribution in [1.82, 2.24) is 10.4 Å². The van der Waals surface area contributed by atoms with E-state index in [9.17, 15) is 22.8 Å². The zero-order valence-corrected chi connectivity index (χ0v) is 19.5. The molecule has 3 N–H and O–H groups in total. The number of carboxylic acids is 1. The maximum Gasteiger partial charge on any atom is 0.490 e. The first-order valence-corrected chi connectivity index (χ1v) is 11.0.